The standard InChI is InChI=1S/C51H82N2O7/c1-30-17-22-59-50(27-30,44-43(60-44)48(5,57)45(2,29-54)18-13-32-16-21-53-39(52)23-32)38-25-34-11-12-36-40-42-47(4)33(24-35(55)26-37(47)41(36)56)15-20-49(42,28-46(38,3)51(34,40)58)19-14-31-9-7-6-8-10-31/h30-35,37-39,42-44,53-55,57-58H,6-29,52H2,1-5H3/t30-,32?,33-,34+,35-,37-,38+,39?,42?,43-,44+,45-,46+,47+,48-,49-,50+,51+/m0/s1. The quantitative estimate of drug-likeness (QED) is 0.117. The van der Waals surface area contributed by atoms with Crippen molar-refractivity contribution >= 4 is 5.78 Å². The average Bonchev–Trinajstić information content (AvgIpc) is 4.01. The molecule has 3 saturated heterocycles. The largest absolute Gasteiger partial charge is 0.396 e. The van der Waals surface area contributed by atoms with E-state index in [4.69, 9.17) is 15.2 Å². The molecule has 338 valence electrons. The zero-order valence-electron chi connectivity index (χ0n) is 38.0. The molecule has 0 bridgehead atoms. The number of aliphatic hydroxyl groups is 4. The van der Waals surface area contributed by atoms with Crippen molar-refractivity contribution in [1.29, 1.82) is 0 Å². The third-order valence-electron chi connectivity index (χ3n) is 21.5. The van der Waals surface area contributed by atoms with Crippen LogP contribution in [0.4, 0.5) is 0 Å². The van der Waals surface area contributed by atoms with Crippen LogP contribution in [0, 0.1) is 69.0 Å². The fourth-order valence-corrected chi connectivity index (χ4v) is 18.1. The van der Waals surface area contributed by atoms with Crippen LogP contribution in [0.25, 0.3) is 0 Å². The number of carbonyl (C=O) groups excluding carboxylic acids is 1. The minimum atomic E-state index is -1.31. The van der Waals surface area contributed by atoms with Gasteiger partial charge in [0.15, 0.2) is 5.78 Å². The molecule has 5 saturated carbocycles. The summed E-state index contributed by atoms with van der Waals surface area (Å²) < 4.78 is 14.3. The predicted molar refractivity (Wildman–Crippen MR) is 231 cm³/mol. The number of hydrogen-bond acceptors (Lipinski definition) is 9. The van der Waals surface area contributed by atoms with Crippen molar-refractivity contribution in [1.82, 2.24) is 5.32 Å². The lowest BCUT2D eigenvalue weighted by Crippen LogP contribution is -2.72. The minimum absolute atomic E-state index is 0.00713. The molecule has 0 aromatic heterocycles. The molecule has 10 aliphatic rings. The summed E-state index contributed by atoms with van der Waals surface area (Å²) in [7, 11) is 0. The molecule has 60 heavy (non-hydrogen) atoms. The molecule has 8 fully saturated rings. The van der Waals surface area contributed by atoms with Crippen LogP contribution in [0.3, 0.4) is 0 Å². The van der Waals surface area contributed by atoms with E-state index in [-0.39, 0.29) is 65.1 Å². The van der Waals surface area contributed by atoms with E-state index >= 15 is 4.79 Å². The SMILES string of the molecule is C[C@H]1CCO[C@@]([C@@H]2O[C@@H]2[C@](C)(O)[C@](C)(CO)CCC2CCNC(N)C2)([C@@H]2C[C@H]3CCC4=C5C6[C@@](CCC7CCCCC7)(CC[C@H]7C[C@H](O)C[C@@H](C4=O)[C@]67C)C[C@@]2(C)[C@]53O)C1. The monoisotopic (exact) mass is 835 g/mol. The summed E-state index contributed by atoms with van der Waals surface area (Å²) in [5, 5.41) is 52.8. The van der Waals surface area contributed by atoms with Gasteiger partial charge in [-0.25, -0.2) is 0 Å². The van der Waals surface area contributed by atoms with E-state index < -0.39 is 39.8 Å². The van der Waals surface area contributed by atoms with E-state index in [1.54, 1.807) is 0 Å². The van der Waals surface area contributed by atoms with Gasteiger partial charge in [-0.2, -0.15) is 0 Å². The summed E-state index contributed by atoms with van der Waals surface area (Å²) in [5.41, 5.74) is 3.60. The molecule has 9 heteroatoms. The first-order valence-corrected chi connectivity index (χ1v) is 25.3. The number of carbonyl (C=O) groups is 1. The summed E-state index contributed by atoms with van der Waals surface area (Å²) in [6, 6.07) is 0. The van der Waals surface area contributed by atoms with Crippen LogP contribution >= 0.6 is 0 Å². The Balaban J connectivity index is 1.05. The lowest BCUT2D eigenvalue weighted by Gasteiger charge is -2.73. The number of hydrogen-bond donors (Lipinski definition) is 6. The first kappa shape index (κ1) is 43.0. The van der Waals surface area contributed by atoms with Gasteiger partial charge in [-0.05, 0) is 180 Å². The third-order valence-corrected chi connectivity index (χ3v) is 21.5. The molecule has 0 amide bonds. The molecule has 3 aliphatic heterocycles. The Morgan fingerprint density at radius 2 is 1.73 bits per heavy atom. The van der Waals surface area contributed by atoms with Crippen molar-refractivity contribution < 1.29 is 34.7 Å². The Hall–Kier alpha value is -0.910. The lowest BCUT2D eigenvalue weighted by molar-refractivity contribution is -0.238. The van der Waals surface area contributed by atoms with Gasteiger partial charge in [-0.3, -0.25) is 4.79 Å². The zero-order chi connectivity index (χ0) is 42.3. The van der Waals surface area contributed by atoms with Crippen molar-refractivity contribution in [3.63, 3.8) is 0 Å². The maximum absolute atomic E-state index is 15.1. The number of rotatable bonds is 11. The number of Topliss-reactive ketones (excluding diaryl/α,β-unsaturated/α-hetero) is 1. The number of ether oxygens (including phenoxy) is 2. The van der Waals surface area contributed by atoms with Crippen LogP contribution in [-0.2, 0) is 14.3 Å². The number of allylic oxidation sites excluding steroid dienone is 1. The second kappa shape index (κ2) is 14.8. The Kier molecular flexibility index (Phi) is 10.6. The van der Waals surface area contributed by atoms with Gasteiger partial charge in [0.1, 0.15) is 17.8 Å². The predicted octanol–water partition coefficient (Wildman–Crippen LogP) is 7.35. The van der Waals surface area contributed by atoms with Gasteiger partial charge in [0, 0.05) is 23.4 Å². The Bertz CT molecular complexity index is 1710. The number of piperidine rings is 1. The molecule has 7 aliphatic carbocycles. The molecular weight excluding hydrogens is 753 g/mol. The topological polar surface area (TPSA) is 158 Å². The van der Waals surface area contributed by atoms with Gasteiger partial charge in [0.2, 0.25) is 0 Å². The molecule has 0 aromatic rings. The van der Waals surface area contributed by atoms with Crippen molar-refractivity contribution in [3.05, 3.63) is 11.1 Å². The van der Waals surface area contributed by atoms with E-state index in [0.29, 0.717) is 31.3 Å². The van der Waals surface area contributed by atoms with Gasteiger partial charge >= 0.3 is 0 Å². The van der Waals surface area contributed by atoms with Crippen LogP contribution in [-0.4, -0.2) is 87.2 Å². The van der Waals surface area contributed by atoms with Gasteiger partial charge in [0.05, 0.1) is 30.1 Å². The van der Waals surface area contributed by atoms with Gasteiger partial charge in [0.25, 0.3) is 0 Å². The van der Waals surface area contributed by atoms with E-state index in [0.717, 1.165) is 107 Å². The van der Waals surface area contributed by atoms with Crippen LogP contribution in [0.2, 0.25) is 0 Å². The lowest BCUT2D eigenvalue weighted by atomic mass is 9.32. The first-order valence-electron chi connectivity index (χ1n) is 25.3. The van der Waals surface area contributed by atoms with E-state index in [9.17, 15) is 20.4 Å². The second-order valence-electron chi connectivity index (χ2n) is 24.5. The van der Waals surface area contributed by atoms with E-state index in [2.05, 4.69) is 26.1 Å². The Labute approximate surface area is 361 Å². The summed E-state index contributed by atoms with van der Waals surface area (Å²) in [6.07, 6.45) is 19.8. The van der Waals surface area contributed by atoms with Crippen molar-refractivity contribution in [2.24, 2.45) is 74.7 Å². The number of nitrogens with one attached hydrogen (secondary N) is 1. The number of nitrogens with two attached hydrogens (primary N) is 1. The molecule has 0 spiro atoms. The van der Waals surface area contributed by atoms with E-state index in [1.807, 2.05) is 13.8 Å². The fraction of sp³-hybridized carbons (Fsp3) is 0.941. The third kappa shape index (κ3) is 5.99. The zero-order valence-corrected chi connectivity index (χ0v) is 38.0. The summed E-state index contributed by atoms with van der Waals surface area (Å²) in [5.74, 6) is 2.12. The van der Waals surface area contributed by atoms with Crippen LogP contribution in [0.15, 0.2) is 11.1 Å². The van der Waals surface area contributed by atoms with Crippen LogP contribution < -0.4 is 11.1 Å². The van der Waals surface area contributed by atoms with Crippen molar-refractivity contribution in [2.75, 3.05) is 19.8 Å². The van der Waals surface area contributed by atoms with Crippen molar-refractivity contribution in [3.8, 4) is 0 Å². The molecule has 9 nitrogen and oxygen atoms in total. The summed E-state index contributed by atoms with van der Waals surface area (Å²) >= 11 is 0. The highest BCUT2D eigenvalue weighted by atomic mass is 16.6. The maximum Gasteiger partial charge on any atom is 0.162 e. The molecule has 10 rings (SSSR count). The number of aliphatic hydroxyl groups excluding tert-OH is 2. The van der Waals surface area contributed by atoms with Gasteiger partial charge in [-0.15, -0.1) is 0 Å². The van der Waals surface area contributed by atoms with Gasteiger partial charge in [-0.1, -0.05) is 59.8 Å². The Morgan fingerprint density at radius 1 is 0.950 bits per heavy atom. The molecule has 18 atom stereocenters. The van der Waals surface area contributed by atoms with Crippen molar-refractivity contribution in [2.45, 2.75) is 211 Å². The fourth-order valence-electron chi connectivity index (χ4n) is 18.1. The highest BCUT2D eigenvalue weighted by molar-refractivity contribution is 6.00. The average molecular weight is 835 g/mol. The van der Waals surface area contributed by atoms with Crippen LogP contribution in [0.5, 0.6) is 0 Å². The number of epoxide rings is 1. The second-order valence-corrected chi connectivity index (χ2v) is 24.5. The maximum atomic E-state index is 15.1. The normalized spacial score (nSPS) is 52.0. The minimum Gasteiger partial charge on any atom is -0.396 e. The molecular formula is C51H82N2O7. The number of ketones is 1. The van der Waals surface area contributed by atoms with Crippen LogP contribution in [0.1, 0.15) is 169 Å². The first-order chi connectivity index (χ1) is 28.5. The highest BCUT2D eigenvalue weighted by Crippen LogP contribution is 2.81. The van der Waals surface area contributed by atoms with Gasteiger partial charge < -0.3 is 41.0 Å². The molecule has 0 aromatic carbocycles. The molecule has 7 N–H and O–H groups in total. The summed E-state index contributed by atoms with van der Waals surface area (Å²) in [6.45, 7) is 12.5. The molecule has 0 radical (unpaired) electrons. The van der Waals surface area contributed by atoms with E-state index in [1.165, 1.54) is 38.5 Å². The molecule has 3 heterocycles. The highest BCUT2D eigenvalue weighted by Gasteiger charge is 2.81. The molecule has 3 unspecified atom stereocenters. The Morgan fingerprint density at radius 3 is 2.47 bits per heavy atom. The summed E-state index contributed by atoms with van der Waals surface area (Å²) in [4.78, 5) is 15.1. The smallest absolute Gasteiger partial charge is 0.162 e.